The van der Waals surface area contributed by atoms with Crippen LogP contribution in [0.5, 0.6) is 0 Å². The highest BCUT2D eigenvalue weighted by Crippen LogP contribution is 2.06. The van der Waals surface area contributed by atoms with Crippen molar-refractivity contribution in [1.29, 1.82) is 0 Å². The molecule has 0 aromatic heterocycles. The standard InChI is InChI=1S/C10H12Cl2N2O/c1-6-2-4-7(5-3-6)10(15)14-9(13)8(11)12/h2-5,8-9H,13H2,1H3,(H,14,15)/t9-/m1/s1. The van der Waals surface area contributed by atoms with Gasteiger partial charge < -0.3 is 11.1 Å². The number of rotatable bonds is 3. The molecule has 0 radical (unpaired) electrons. The van der Waals surface area contributed by atoms with E-state index in [0.29, 0.717) is 5.56 Å². The predicted octanol–water partition coefficient (Wildman–Crippen LogP) is 1.81. The number of benzene rings is 1. The van der Waals surface area contributed by atoms with E-state index >= 15 is 0 Å². The van der Waals surface area contributed by atoms with Gasteiger partial charge in [-0.15, -0.1) is 23.2 Å². The lowest BCUT2D eigenvalue weighted by molar-refractivity contribution is 0.0940. The zero-order valence-corrected chi connectivity index (χ0v) is 9.72. The maximum Gasteiger partial charge on any atom is 0.252 e. The van der Waals surface area contributed by atoms with Crippen LogP contribution in [0.2, 0.25) is 0 Å². The largest absolute Gasteiger partial charge is 0.334 e. The van der Waals surface area contributed by atoms with Gasteiger partial charge in [0.2, 0.25) is 0 Å². The molecule has 0 aliphatic carbocycles. The van der Waals surface area contributed by atoms with Gasteiger partial charge in [-0.05, 0) is 19.1 Å². The van der Waals surface area contributed by atoms with Crippen LogP contribution in [-0.4, -0.2) is 16.9 Å². The molecule has 1 aromatic rings. The van der Waals surface area contributed by atoms with E-state index in [-0.39, 0.29) is 5.91 Å². The van der Waals surface area contributed by atoms with Gasteiger partial charge in [0.25, 0.3) is 5.91 Å². The topological polar surface area (TPSA) is 55.1 Å². The first-order valence-electron chi connectivity index (χ1n) is 4.42. The number of amides is 1. The number of carbonyl (C=O) groups is 1. The van der Waals surface area contributed by atoms with E-state index in [1.54, 1.807) is 12.1 Å². The fourth-order valence-electron chi connectivity index (χ4n) is 1.00. The minimum atomic E-state index is -0.820. The molecule has 82 valence electrons. The molecule has 0 fully saturated rings. The van der Waals surface area contributed by atoms with Crippen LogP contribution in [0.25, 0.3) is 0 Å². The second kappa shape index (κ2) is 5.35. The normalized spacial score (nSPS) is 12.6. The molecule has 1 rings (SSSR count). The summed E-state index contributed by atoms with van der Waals surface area (Å²) in [4.78, 5) is 10.7. The van der Waals surface area contributed by atoms with Crippen molar-refractivity contribution in [1.82, 2.24) is 5.32 Å². The third-order valence-electron chi connectivity index (χ3n) is 1.88. The third-order valence-corrected chi connectivity index (χ3v) is 2.43. The summed E-state index contributed by atoms with van der Waals surface area (Å²) in [7, 11) is 0. The van der Waals surface area contributed by atoms with Crippen LogP contribution < -0.4 is 11.1 Å². The number of nitrogens with one attached hydrogen (secondary N) is 1. The van der Waals surface area contributed by atoms with Gasteiger partial charge in [-0.1, -0.05) is 17.7 Å². The van der Waals surface area contributed by atoms with Gasteiger partial charge in [-0.2, -0.15) is 0 Å². The molecule has 0 aliphatic rings. The quantitative estimate of drug-likeness (QED) is 0.632. The summed E-state index contributed by atoms with van der Waals surface area (Å²) in [6, 6.07) is 7.13. The molecule has 0 bridgehead atoms. The van der Waals surface area contributed by atoms with Gasteiger partial charge in [0.15, 0.2) is 0 Å². The van der Waals surface area contributed by atoms with Crippen LogP contribution in [-0.2, 0) is 0 Å². The van der Waals surface area contributed by atoms with Crippen LogP contribution in [0.1, 0.15) is 15.9 Å². The van der Waals surface area contributed by atoms with Gasteiger partial charge in [-0.3, -0.25) is 4.79 Å². The molecule has 3 nitrogen and oxygen atoms in total. The van der Waals surface area contributed by atoms with Gasteiger partial charge in [0.1, 0.15) is 11.0 Å². The molecule has 0 heterocycles. The van der Waals surface area contributed by atoms with Crippen LogP contribution in [0.15, 0.2) is 24.3 Å². The number of hydrogen-bond donors (Lipinski definition) is 2. The molecule has 15 heavy (non-hydrogen) atoms. The summed E-state index contributed by atoms with van der Waals surface area (Å²) < 4.78 is 0. The van der Waals surface area contributed by atoms with Crippen molar-refractivity contribution >= 4 is 29.1 Å². The van der Waals surface area contributed by atoms with E-state index in [0.717, 1.165) is 5.56 Å². The van der Waals surface area contributed by atoms with E-state index < -0.39 is 11.0 Å². The van der Waals surface area contributed by atoms with E-state index in [4.69, 9.17) is 28.9 Å². The zero-order valence-electron chi connectivity index (χ0n) is 8.21. The second-order valence-corrected chi connectivity index (χ2v) is 4.36. The lowest BCUT2D eigenvalue weighted by atomic mass is 10.1. The Bertz CT molecular complexity index is 338. The Hall–Kier alpha value is -0.770. The van der Waals surface area contributed by atoms with Crippen molar-refractivity contribution in [2.75, 3.05) is 0 Å². The minimum absolute atomic E-state index is 0.284. The highest BCUT2D eigenvalue weighted by atomic mass is 35.5. The lowest BCUT2D eigenvalue weighted by Crippen LogP contribution is -2.45. The first-order valence-corrected chi connectivity index (χ1v) is 5.29. The van der Waals surface area contributed by atoms with Crippen LogP contribution in [0, 0.1) is 6.92 Å². The summed E-state index contributed by atoms with van der Waals surface area (Å²) in [6.45, 7) is 1.95. The van der Waals surface area contributed by atoms with E-state index in [1.807, 2.05) is 19.1 Å². The van der Waals surface area contributed by atoms with Crippen molar-refractivity contribution in [3.05, 3.63) is 35.4 Å². The van der Waals surface area contributed by atoms with Gasteiger partial charge in [0, 0.05) is 5.56 Å². The average Bonchev–Trinajstić information content (AvgIpc) is 2.18. The zero-order chi connectivity index (χ0) is 11.4. The van der Waals surface area contributed by atoms with Crippen molar-refractivity contribution in [2.24, 2.45) is 5.73 Å². The molecule has 1 atom stereocenters. The molecule has 3 N–H and O–H groups in total. The first kappa shape index (κ1) is 12.3. The maximum absolute atomic E-state index is 11.6. The third kappa shape index (κ3) is 3.70. The molecule has 0 spiro atoms. The molecule has 0 aliphatic heterocycles. The molecule has 5 heteroatoms. The summed E-state index contributed by atoms with van der Waals surface area (Å²) in [5.74, 6) is -0.284. The van der Waals surface area contributed by atoms with E-state index in [9.17, 15) is 4.79 Å². The Morgan fingerprint density at radius 2 is 1.87 bits per heavy atom. The monoisotopic (exact) mass is 246 g/mol. The smallest absolute Gasteiger partial charge is 0.252 e. The Balaban J connectivity index is 2.65. The fraction of sp³-hybridized carbons (Fsp3) is 0.300. The van der Waals surface area contributed by atoms with Crippen molar-refractivity contribution < 1.29 is 4.79 Å². The van der Waals surface area contributed by atoms with Gasteiger partial charge >= 0.3 is 0 Å². The Labute approximate surface area is 98.5 Å². The van der Waals surface area contributed by atoms with Gasteiger partial charge in [0.05, 0.1) is 0 Å². The molecule has 0 saturated heterocycles. The summed E-state index contributed by atoms with van der Waals surface area (Å²) in [6.07, 6.45) is -0.762. The van der Waals surface area contributed by atoms with Crippen molar-refractivity contribution in [3.63, 3.8) is 0 Å². The highest BCUT2D eigenvalue weighted by molar-refractivity contribution is 6.44. The average molecular weight is 247 g/mol. The number of nitrogens with two attached hydrogens (primary N) is 1. The predicted molar refractivity (Wildman–Crippen MR) is 62.1 cm³/mol. The number of halogens is 2. The van der Waals surface area contributed by atoms with Crippen LogP contribution in [0.4, 0.5) is 0 Å². The fourth-order valence-corrected chi connectivity index (χ4v) is 1.13. The summed E-state index contributed by atoms with van der Waals surface area (Å²) >= 11 is 11.0. The number of hydrogen-bond acceptors (Lipinski definition) is 2. The number of carbonyl (C=O) groups excluding carboxylic acids is 1. The van der Waals surface area contributed by atoms with E-state index in [2.05, 4.69) is 5.32 Å². The molecule has 0 saturated carbocycles. The Morgan fingerprint density at radius 3 is 2.33 bits per heavy atom. The minimum Gasteiger partial charge on any atom is -0.334 e. The molecule has 1 amide bonds. The van der Waals surface area contributed by atoms with Crippen molar-refractivity contribution in [2.45, 2.75) is 17.9 Å². The SMILES string of the molecule is Cc1ccc(C(=O)N[C@@H](N)C(Cl)Cl)cc1. The molecular weight excluding hydrogens is 235 g/mol. The van der Waals surface area contributed by atoms with Crippen molar-refractivity contribution in [3.8, 4) is 0 Å². The van der Waals surface area contributed by atoms with E-state index in [1.165, 1.54) is 0 Å². The maximum atomic E-state index is 11.6. The first-order chi connectivity index (χ1) is 7.00. The summed E-state index contributed by atoms with van der Waals surface area (Å²) in [5, 5.41) is 2.49. The lowest BCUT2D eigenvalue weighted by Gasteiger charge is -2.14. The second-order valence-electron chi connectivity index (χ2n) is 3.20. The Morgan fingerprint density at radius 1 is 1.33 bits per heavy atom. The molecular formula is C10H12Cl2N2O. The van der Waals surface area contributed by atoms with Crippen LogP contribution >= 0.6 is 23.2 Å². The Kier molecular flexibility index (Phi) is 4.39. The highest BCUT2D eigenvalue weighted by Gasteiger charge is 2.15. The van der Waals surface area contributed by atoms with Gasteiger partial charge in [-0.25, -0.2) is 0 Å². The summed E-state index contributed by atoms with van der Waals surface area (Å²) in [5.41, 5.74) is 7.11. The number of alkyl halides is 2. The number of aryl methyl sites for hydroxylation is 1. The van der Waals surface area contributed by atoms with Crippen LogP contribution in [0.3, 0.4) is 0 Å². The molecule has 0 unspecified atom stereocenters. The molecule has 1 aromatic carbocycles.